The molecule has 0 aromatic heterocycles. The third kappa shape index (κ3) is 5.45. The number of hydrogen-bond acceptors (Lipinski definition) is 2. The fourth-order valence-electron chi connectivity index (χ4n) is 2.50. The van der Waals surface area contributed by atoms with E-state index in [0.717, 1.165) is 5.56 Å². The lowest BCUT2D eigenvalue weighted by molar-refractivity contribution is -0.116. The minimum absolute atomic E-state index is 0.0346. The Kier molecular flexibility index (Phi) is 5.97. The van der Waals surface area contributed by atoms with Gasteiger partial charge in [0.15, 0.2) is 0 Å². The first-order valence-corrected chi connectivity index (χ1v) is 8.51. The zero-order chi connectivity index (χ0) is 18.4. The normalized spacial score (nSPS) is 11.0. The van der Waals surface area contributed by atoms with E-state index in [2.05, 4.69) is 55.7 Å². The first-order valence-electron chi connectivity index (χ1n) is 8.51. The molecule has 2 aromatic rings. The van der Waals surface area contributed by atoms with Gasteiger partial charge in [0.2, 0.25) is 5.91 Å². The van der Waals surface area contributed by atoms with Crippen LogP contribution >= 0.6 is 0 Å². The van der Waals surface area contributed by atoms with Gasteiger partial charge >= 0.3 is 0 Å². The number of benzene rings is 2. The molecule has 2 rings (SSSR count). The van der Waals surface area contributed by atoms with E-state index in [1.54, 1.807) is 31.3 Å². The zero-order valence-corrected chi connectivity index (χ0v) is 15.3. The van der Waals surface area contributed by atoms with Gasteiger partial charge in [-0.05, 0) is 47.2 Å². The van der Waals surface area contributed by atoms with Gasteiger partial charge in [0, 0.05) is 24.7 Å². The van der Waals surface area contributed by atoms with Crippen LogP contribution in [0.5, 0.6) is 0 Å². The number of nitrogens with one attached hydrogen (secondary N) is 2. The monoisotopic (exact) mass is 338 g/mol. The van der Waals surface area contributed by atoms with Crippen molar-refractivity contribution in [2.45, 2.75) is 39.0 Å². The summed E-state index contributed by atoms with van der Waals surface area (Å²) in [7, 11) is 1.59. The van der Waals surface area contributed by atoms with E-state index in [-0.39, 0.29) is 17.2 Å². The number of carbonyl (C=O) groups is 2. The Hall–Kier alpha value is -2.62. The summed E-state index contributed by atoms with van der Waals surface area (Å²) in [5.41, 5.74) is 3.84. The number of carbonyl (C=O) groups excluding carboxylic acids is 2. The second-order valence-electron chi connectivity index (χ2n) is 7.15. The van der Waals surface area contributed by atoms with Crippen LogP contribution in [0.25, 0.3) is 0 Å². The Morgan fingerprint density at radius 3 is 2.04 bits per heavy atom. The number of amides is 2. The van der Waals surface area contributed by atoms with Crippen molar-refractivity contribution < 1.29 is 9.59 Å². The van der Waals surface area contributed by atoms with Crippen LogP contribution in [0, 0.1) is 0 Å². The summed E-state index contributed by atoms with van der Waals surface area (Å²) >= 11 is 0. The fraction of sp³-hybridized carbons (Fsp3) is 0.333. The van der Waals surface area contributed by atoms with Crippen LogP contribution in [-0.2, 0) is 16.6 Å². The molecule has 0 aliphatic heterocycles. The summed E-state index contributed by atoms with van der Waals surface area (Å²) in [6, 6.07) is 15.3. The number of aryl methyl sites for hydroxylation is 1. The van der Waals surface area contributed by atoms with Crippen molar-refractivity contribution in [3.05, 3.63) is 65.2 Å². The van der Waals surface area contributed by atoms with Crippen LogP contribution in [0.1, 0.15) is 48.7 Å². The molecular formula is C21H26N2O2. The van der Waals surface area contributed by atoms with E-state index in [9.17, 15) is 9.59 Å². The largest absolute Gasteiger partial charge is 0.355 e. The summed E-state index contributed by atoms with van der Waals surface area (Å²) < 4.78 is 0. The van der Waals surface area contributed by atoms with Crippen LogP contribution in [0.2, 0.25) is 0 Å². The average molecular weight is 338 g/mol. The maximum absolute atomic E-state index is 12.1. The molecule has 25 heavy (non-hydrogen) atoms. The van der Waals surface area contributed by atoms with Gasteiger partial charge in [-0.2, -0.15) is 0 Å². The van der Waals surface area contributed by atoms with Crippen molar-refractivity contribution in [3.63, 3.8) is 0 Å². The maximum atomic E-state index is 12.1. The molecule has 0 saturated heterocycles. The highest BCUT2D eigenvalue weighted by atomic mass is 16.2. The Balaban J connectivity index is 1.87. The van der Waals surface area contributed by atoms with Crippen LogP contribution in [-0.4, -0.2) is 18.9 Å². The van der Waals surface area contributed by atoms with Crippen LogP contribution in [0.4, 0.5) is 5.69 Å². The van der Waals surface area contributed by atoms with E-state index < -0.39 is 0 Å². The molecule has 4 heteroatoms. The lowest BCUT2D eigenvalue weighted by Gasteiger charge is -2.19. The Morgan fingerprint density at radius 1 is 0.920 bits per heavy atom. The Bertz CT molecular complexity index is 726. The van der Waals surface area contributed by atoms with Gasteiger partial charge in [0.25, 0.3) is 5.91 Å². The number of hydrogen-bond donors (Lipinski definition) is 2. The SMILES string of the molecule is CNC(=O)c1ccc(NC(=O)CCc2ccc(C(C)(C)C)cc2)cc1. The van der Waals surface area contributed by atoms with Gasteiger partial charge in [0.1, 0.15) is 0 Å². The molecule has 2 N–H and O–H groups in total. The Labute approximate surface area is 149 Å². The van der Waals surface area contributed by atoms with Crippen molar-refractivity contribution in [2.24, 2.45) is 0 Å². The molecule has 2 amide bonds. The topological polar surface area (TPSA) is 58.2 Å². The summed E-state index contributed by atoms with van der Waals surface area (Å²) in [6.07, 6.45) is 1.12. The molecule has 0 aliphatic rings. The maximum Gasteiger partial charge on any atom is 0.251 e. The molecule has 4 nitrogen and oxygen atoms in total. The number of rotatable bonds is 5. The third-order valence-corrected chi connectivity index (χ3v) is 4.12. The molecule has 0 saturated carbocycles. The van der Waals surface area contributed by atoms with Crippen molar-refractivity contribution in [1.82, 2.24) is 5.32 Å². The van der Waals surface area contributed by atoms with Gasteiger partial charge in [-0.25, -0.2) is 0 Å². The van der Waals surface area contributed by atoms with E-state index >= 15 is 0 Å². The second-order valence-corrected chi connectivity index (χ2v) is 7.15. The van der Waals surface area contributed by atoms with Gasteiger partial charge in [-0.3, -0.25) is 9.59 Å². The van der Waals surface area contributed by atoms with E-state index in [1.165, 1.54) is 5.56 Å². The summed E-state index contributed by atoms with van der Waals surface area (Å²) in [4.78, 5) is 23.6. The molecule has 0 unspecified atom stereocenters. The van der Waals surface area contributed by atoms with Crippen molar-refractivity contribution in [2.75, 3.05) is 12.4 Å². The molecule has 0 radical (unpaired) electrons. The average Bonchev–Trinajstić information content (AvgIpc) is 2.59. The van der Waals surface area contributed by atoms with Crippen molar-refractivity contribution in [1.29, 1.82) is 0 Å². The van der Waals surface area contributed by atoms with E-state index in [1.807, 2.05) is 0 Å². The molecule has 2 aromatic carbocycles. The van der Waals surface area contributed by atoms with Gasteiger partial charge in [0.05, 0.1) is 0 Å². The van der Waals surface area contributed by atoms with Gasteiger partial charge < -0.3 is 10.6 Å². The highest BCUT2D eigenvalue weighted by Crippen LogP contribution is 2.22. The van der Waals surface area contributed by atoms with Crippen LogP contribution < -0.4 is 10.6 Å². The molecule has 0 fully saturated rings. The van der Waals surface area contributed by atoms with Crippen molar-refractivity contribution >= 4 is 17.5 Å². The summed E-state index contributed by atoms with van der Waals surface area (Å²) in [6.45, 7) is 6.56. The summed E-state index contributed by atoms with van der Waals surface area (Å²) in [5, 5.41) is 5.43. The third-order valence-electron chi connectivity index (χ3n) is 4.12. The first-order chi connectivity index (χ1) is 11.8. The lowest BCUT2D eigenvalue weighted by atomic mass is 9.86. The molecule has 0 spiro atoms. The first kappa shape index (κ1) is 18.7. The molecule has 0 bridgehead atoms. The predicted octanol–water partition coefficient (Wildman–Crippen LogP) is 3.92. The van der Waals surface area contributed by atoms with E-state index in [0.29, 0.717) is 24.1 Å². The van der Waals surface area contributed by atoms with Gasteiger partial charge in [-0.1, -0.05) is 45.0 Å². The smallest absolute Gasteiger partial charge is 0.251 e. The van der Waals surface area contributed by atoms with Crippen molar-refractivity contribution in [3.8, 4) is 0 Å². The lowest BCUT2D eigenvalue weighted by Crippen LogP contribution is -2.18. The van der Waals surface area contributed by atoms with Crippen LogP contribution in [0.15, 0.2) is 48.5 Å². The standard InChI is InChI=1S/C21H26N2O2/c1-21(2,3)17-10-5-15(6-11-17)7-14-19(24)23-18-12-8-16(9-13-18)20(25)22-4/h5-6,8-13H,7,14H2,1-4H3,(H,22,25)(H,23,24). The predicted molar refractivity (Wildman–Crippen MR) is 102 cm³/mol. The van der Waals surface area contributed by atoms with E-state index in [4.69, 9.17) is 0 Å². The minimum atomic E-state index is -0.142. The quantitative estimate of drug-likeness (QED) is 0.868. The number of anilines is 1. The molecular weight excluding hydrogens is 312 g/mol. The van der Waals surface area contributed by atoms with Crippen LogP contribution in [0.3, 0.4) is 0 Å². The highest BCUT2D eigenvalue weighted by Gasteiger charge is 2.13. The Morgan fingerprint density at radius 2 is 1.52 bits per heavy atom. The second kappa shape index (κ2) is 7.97. The molecule has 0 heterocycles. The fourth-order valence-corrected chi connectivity index (χ4v) is 2.50. The molecule has 0 atom stereocenters. The molecule has 132 valence electrons. The highest BCUT2D eigenvalue weighted by molar-refractivity contribution is 5.95. The molecule has 0 aliphatic carbocycles. The van der Waals surface area contributed by atoms with Gasteiger partial charge in [-0.15, -0.1) is 0 Å². The summed E-state index contributed by atoms with van der Waals surface area (Å²) in [5.74, 6) is -0.177. The zero-order valence-electron chi connectivity index (χ0n) is 15.3. The minimum Gasteiger partial charge on any atom is -0.355 e.